The van der Waals surface area contributed by atoms with Gasteiger partial charge in [-0.05, 0) is 30.7 Å². The van der Waals surface area contributed by atoms with E-state index in [0.29, 0.717) is 18.4 Å². The van der Waals surface area contributed by atoms with Gasteiger partial charge in [0.15, 0.2) is 0 Å². The van der Waals surface area contributed by atoms with Gasteiger partial charge in [0.25, 0.3) is 0 Å². The highest BCUT2D eigenvalue weighted by Crippen LogP contribution is 2.44. The maximum Gasteiger partial charge on any atom is 0.139 e. The number of nitrogens with zero attached hydrogens (tertiary/aromatic N) is 5. The van der Waals surface area contributed by atoms with Crippen LogP contribution < -0.4 is 15.1 Å². The van der Waals surface area contributed by atoms with Crippen molar-refractivity contribution in [2.75, 3.05) is 35.3 Å². The molecule has 2 aliphatic rings. The first kappa shape index (κ1) is 20.1. The lowest BCUT2D eigenvalue weighted by Gasteiger charge is -2.38. The number of carbonyl (C=O) groups excluding carboxylic acids is 1. The highest BCUT2D eigenvalue weighted by Gasteiger charge is 2.28. The second-order valence-corrected chi connectivity index (χ2v) is 8.75. The van der Waals surface area contributed by atoms with Crippen molar-refractivity contribution in [1.82, 2.24) is 9.78 Å². The van der Waals surface area contributed by atoms with E-state index in [1.165, 1.54) is 0 Å². The van der Waals surface area contributed by atoms with Crippen molar-refractivity contribution in [1.29, 1.82) is 5.26 Å². The fourth-order valence-corrected chi connectivity index (χ4v) is 4.78. The summed E-state index contributed by atoms with van der Waals surface area (Å²) in [6.45, 7) is 3.69. The molecule has 2 aliphatic heterocycles. The van der Waals surface area contributed by atoms with E-state index in [1.807, 2.05) is 31.4 Å². The number of fused-ring (bicyclic) bond motifs is 2. The summed E-state index contributed by atoms with van der Waals surface area (Å²) in [6, 6.07) is 12.7. The number of aryl methyl sites for hydroxylation is 1. The Morgan fingerprint density at radius 3 is 2.75 bits per heavy atom. The predicted octanol–water partition coefficient (Wildman–Crippen LogP) is 3.86. The minimum Gasteiger partial charge on any atom is -0.380 e. The lowest BCUT2D eigenvalue weighted by Crippen LogP contribution is -2.37. The topological polar surface area (TPSA) is 77.2 Å². The van der Waals surface area contributed by atoms with Gasteiger partial charge in [0.2, 0.25) is 0 Å². The third-order valence-electron chi connectivity index (χ3n) is 6.34. The van der Waals surface area contributed by atoms with E-state index < -0.39 is 0 Å². The fraction of sp³-hybridized carbons (Fsp3) is 0.320. The summed E-state index contributed by atoms with van der Waals surface area (Å²) in [7, 11) is 3.96. The Bertz CT molecular complexity index is 1250. The van der Waals surface area contributed by atoms with Crippen LogP contribution in [0.2, 0.25) is 0 Å². The maximum atomic E-state index is 12.3. The molecule has 1 aromatic heterocycles. The molecule has 0 aliphatic carbocycles. The van der Waals surface area contributed by atoms with Crippen molar-refractivity contribution in [2.24, 2.45) is 7.05 Å². The molecule has 0 saturated heterocycles. The molecular weight excluding hydrogens is 400 g/mol. The van der Waals surface area contributed by atoms with Gasteiger partial charge < -0.3 is 15.1 Å². The second-order valence-electron chi connectivity index (χ2n) is 8.75. The Labute approximate surface area is 187 Å². The highest BCUT2D eigenvalue weighted by atomic mass is 16.1. The molecule has 7 nitrogen and oxygen atoms in total. The Morgan fingerprint density at radius 2 is 2.00 bits per heavy atom. The number of nitrogens with one attached hydrogen (secondary N) is 1. The van der Waals surface area contributed by atoms with Crippen LogP contribution in [0.4, 0.5) is 22.7 Å². The van der Waals surface area contributed by atoms with Crippen molar-refractivity contribution in [3.8, 4) is 17.2 Å². The number of Topliss-reactive ketones (excluding diaryl/α,β-unsaturated/α-hetero) is 1. The van der Waals surface area contributed by atoms with Gasteiger partial charge in [-0.1, -0.05) is 12.1 Å². The summed E-state index contributed by atoms with van der Waals surface area (Å²) in [5, 5.41) is 17.8. The summed E-state index contributed by atoms with van der Waals surface area (Å²) in [5.41, 5.74) is 7.62. The number of hydrogen-bond acceptors (Lipinski definition) is 6. The normalized spacial score (nSPS) is 17.8. The van der Waals surface area contributed by atoms with E-state index in [1.54, 1.807) is 10.9 Å². The molecule has 3 aromatic rings. The van der Waals surface area contributed by atoms with Crippen LogP contribution in [0.1, 0.15) is 24.5 Å². The van der Waals surface area contributed by atoms with Crippen LogP contribution in [0, 0.1) is 11.3 Å². The Morgan fingerprint density at radius 1 is 1.16 bits per heavy atom. The first-order valence-electron chi connectivity index (χ1n) is 10.9. The maximum absolute atomic E-state index is 12.3. The fourth-order valence-electron chi connectivity index (χ4n) is 4.78. The van der Waals surface area contributed by atoms with Crippen LogP contribution in [0.15, 0.2) is 42.7 Å². The quantitative estimate of drug-likeness (QED) is 0.671. The molecule has 0 radical (unpaired) electrons. The van der Waals surface area contributed by atoms with Gasteiger partial charge in [-0.3, -0.25) is 9.48 Å². The van der Waals surface area contributed by atoms with E-state index in [2.05, 4.69) is 52.4 Å². The number of aromatic nitrogens is 2. The molecule has 1 atom stereocenters. The van der Waals surface area contributed by atoms with Crippen molar-refractivity contribution in [2.45, 2.75) is 25.8 Å². The first-order valence-corrected chi connectivity index (χ1v) is 10.9. The molecule has 0 bridgehead atoms. The van der Waals surface area contributed by atoms with Gasteiger partial charge in [-0.25, -0.2) is 0 Å². The van der Waals surface area contributed by atoms with Gasteiger partial charge >= 0.3 is 0 Å². The average Bonchev–Trinajstić information content (AvgIpc) is 3.13. The summed E-state index contributed by atoms with van der Waals surface area (Å²) in [6.07, 6.45) is 4.70. The summed E-state index contributed by atoms with van der Waals surface area (Å²) >= 11 is 0. The van der Waals surface area contributed by atoms with Crippen molar-refractivity contribution in [3.05, 3.63) is 53.9 Å². The third-order valence-corrected chi connectivity index (χ3v) is 6.34. The van der Waals surface area contributed by atoms with Gasteiger partial charge in [0.1, 0.15) is 5.78 Å². The van der Waals surface area contributed by atoms with Gasteiger partial charge in [0, 0.05) is 63.4 Å². The molecule has 0 spiro atoms. The summed E-state index contributed by atoms with van der Waals surface area (Å²) in [5.74, 6) is 0.257. The standard InChI is InChI=1S/C25H26N6O/c1-16-9-20(32)10-17-5-4-6-22(25(17)28-16)31-8-7-29(2)23-12-21(18(13-26)11-24(23)31)19-14-27-30(3)15-19/h4-6,11-12,14-16,28H,7-10H2,1-3H3/t16-/m1/s1. The van der Waals surface area contributed by atoms with Crippen molar-refractivity contribution < 1.29 is 4.79 Å². The second kappa shape index (κ2) is 7.72. The van der Waals surface area contributed by atoms with Crippen molar-refractivity contribution in [3.63, 3.8) is 0 Å². The van der Waals surface area contributed by atoms with E-state index in [9.17, 15) is 10.1 Å². The molecule has 7 heteroatoms. The van der Waals surface area contributed by atoms with E-state index in [4.69, 9.17) is 0 Å². The number of rotatable bonds is 2. The minimum absolute atomic E-state index is 0.0828. The molecule has 3 heterocycles. The minimum atomic E-state index is 0.0828. The molecule has 5 rings (SSSR count). The molecule has 2 aromatic carbocycles. The number of benzene rings is 2. The van der Waals surface area contributed by atoms with Crippen LogP contribution in [-0.2, 0) is 18.3 Å². The van der Waals surface area contributed by atoms with Gasteiger partial charge in [0.05, 0.1) is 40.6 Å². The molecule has 0 saturated carbocycles. The number of carbonyl (C=O) groups is 1. The average molecular weight is 427 g/mol. The Hall–Kier alpha value is -3.79. The number of nitriles is 1. The molecule has 0 unspecified atom stereocenters. The molecule has 32 heavy (non-hydrogen) atoms. The molecule has 1 N–H and O–H groups in total. The summed E-state index contributed by atoms with van der Waals surface area (Å²) in [4.78, 5) is 16.8. The zero-order chi connectivity index (χ0) is 22.4. The Balaban J connectivity index is 1.66. The lowest BCUT2D eigenvalue weighted by molar-refractivity contribution is -0.118. The van der Waals surface area contributed by atoms with Crippen LogP contribution in [0.5, 0.6) is 0 Å². The van der Waals surface area contributed by atoms with Gasteiger partial charge in [-0.2, -0.15) is 10.4 Å². The van der Waals surface area contributed by atoms with Crippen molar-refractivity contribution >= 4 is 28.5 Å². The van der Waals surface area contributed by atoms with Gasteiger partial charge in [-0.15, -0.1) is 0 Å². The monoisotopic (exact) mass is 426 g/mol. The molecule has 0 amide bonds. The van der Waals surface area contributed by atoms with Crippen LogP contribution in [0.25, 0.3) is 11.1 Å². The smallest absolute Gasteiger partial charge is 0.139 e. The molecule has 0 fully saturated rings. The zero-order valence-corrected chi connectivity index (χ0v) is 18.6. The molecule has 162 valence electrons. The Kier molecular flexibility index (Phi) is 4.86. The summed E-state index contributed by atoms with van der Waals surface area (Å²) < 4.78 is 1.75. The number of ketones is 1. The predicted molar refractivity (Wildman–Crippen MR) is 126 cm³/mol. The number of para-hydroxylation sites is 1. The van der Waals surface area contributed by atoms with Crippen LogP contribution in [-0.4, -0.2) is 41.7 Å². The number of anilines is 4. The largest absolute Gasteiger partial charge is 0.380 e. The third kappa shape index (κ3) is 3.38. The van der Waals surface area contributed by atoms with E-state index in [-0.39, 0.29) is 11.8 Å². The van der Waals surface area contributed by atoms with E-state index in [0.717, 1.165) is 52.5 Å². The zero-order valence-electron chi connectivity index (χ0n) is 18.6. The first-order chi connectivity index (χ1) is 15.4. The number of hydrogen-bond donors (Lipinski definition) is 1. The van der Waals surface area contributed by atoms with E-state index >= 15 is 0 Å². The lowest BCUT2D eigenvalue weighted by atomic mass is 9.98. The SMILES string of the molecule is C[C@@H]1CC(=O)Cc2cccc(N3CCN(C)c4cc(-c5cnn(C)c5)c(C#N)cc43)c2N1. The van der Waals surface area contributed by atoms with Crippen LogP contribution in [0.3, 0.4) is 0 Å². The highest BCUT2D eigenvalue weighted by molar-refractivity contribution is 5.92. The van der Waals surface area contributed by atoms with Crippen LogP contribution >= 0.6 is 0 Å². The molecular formula is C25H26N6O. The number of likely N-dealkylation sites (N-methyl/N-ethyl adjacent to an activating group) is 1.